The minimum atomic E-state index is -0.374. The maximum Gasteiger partial charge on any atom is 0.270 e. The van der Waals surface area contributed by atoms with Crippen LogP contribution in [0.5, 0.6) is 0 Å². The molecule has 0 radical (unpaired) electrons. The van der Waals surface area contributed by atoms with Gasteiger partial charge in [-0.3, -0.25) is 10.1 Å². The topological polar surface area (TPSA) is 55.2 Å². The quantitative estimate of drug-likeness (QED) is 0.662. The van der Waals surface area contributed by atoms with Gasteiger partial charge in [0, 0.05) is 18.7 Å². The molecule has 0 aliphatic carbocycles. The highest BCUT2D eigenvalue weighted by molar-refractivity contribution is 5.66. The lowest BCUT2D eigenvalue weighted by atomic mass is 10.0. The average Bonchev–Trinajstić information content (AvgIpc) is 2.39. The Labute approximate surface area is 105 Å². The third-order valence-corrected chi connectivity index (χ3v) is 2.70. The molecular weight excluding hydrogens is 228 g/mol. The van der Waals surface area contributed by atoms with Crippen LogP contribution in [0.25, 0.3) is 11.1 Å². The number of nitro groups is 1. The Morgan fingerprint density at radius 3 is 2.44 bits per heavy atom. The third-order valence-electron chi connectivity index (χ3n) is 2.70. The van der Waals surface area contributed by atoms with E-state index in [0.29, 0.717) is 0 Å². The van der Waals surface area contributed by atoms with Crippen LogP contribution in [-0.4, -0.2) is 12.0 Å². The fourth-order valence-electron chi connectivity index (χ4n) is 1.86. The molecule has 0 bridgehead atoms. The van der Waals surface area contributed by atoms with Crippen LogP contribution in [-0.2, 0) is 6.54 Å². The van der Waals surface area contributed by atoms with Gasteiger partial charge in [-0.1, -0.05) is 30.3 Å². The normalized spacial score (nSPS) is 10.3. The first-order valence-corrected chi connectivity index (χ1v) is 5.69. The van der Waals surface area contributed by atoms with Gasteiger partial charge in [0.15, 0.2) is 0 Å². The van der Waals surface area contributed by atoms with Crippen LogP contribution in [0, 0.1) is 10.1 Å². The van der Waals surface area contributed by atoms with Gasteiger partial charge in [-0.25, -0.2) is 0 Å². The molecule has 0 atom stereocenters. The molecule has 2 rings (SSSR count). The zero-order valence-corrected chi connectivity index (χ0v) is 10.1. The summed E-state index contributed by atoms with van der Waals surface area (Å²) in [6, 6.07) is 14.7. The maximum atomic E-state index is 10.7. The van der Waals surface area contributed by atoms with Crippen molar-refractivity contribution in [2.24, 2.45) is 0 Å². The van der Waals surface area contributed by atoms with Crippen LogP contribution in [0.4, 0.5) is 5.69 Å². The fourth-order valence-corrected chi connectivity index (χ4v) is 1.86. The van der Waals surface area contributed by atoms with E-state index in [1.807, 2.05) is 37.4 Å². The summed E-state index contributed by atoms with van der Waals surface area (Å²) in [7, 11) is 1.89. The lowest BCUT2D eigenvalue weighted by Crippen LogP contribution is -2.04. The van der Waals surface area contributed by atoms with Crippen LogP contribution in [0.3, 0.4) is 0 Å². The van der Waals surface area contributed by atoms with E-state index in [1.54, 1.807) is 12.1 Å². The van der Waals surface area contributed by atoms with Crippen LogP contribution in [0.1, 0.15) is 5.56 Å². The Morgan fingerprint density at radius 2 is 1.78 bits per heavy atom. The molecule has 0 aliphatic heterocycles. The van der Waals surface area contributed by atoms with E-state index in [4.69, 9.17) is 0 Å². The molecule has 0 heterocycles. The summed E-state index contributed by atoms with van der Waals surface area (Å²) >= 11 is 0. The van der Waals surface area contributed by atoms with Gasteiger partial charge in [0.2, 0.25) is 0 Å². The van der Waals surface area contributed by atoms with E-state index in [9.17, 15) is 10.1 Å². The number of benzene rings is 2. The van der Waals surface area contributed by atoms with Crippen molar-refractivity contribution in [1.29, 1.82) is 0 Å². The molecule has 4 heteroatoms. The smallest absolute Gasteiger partial charge is 0.270 e. The van der Waals surface area contributed by atoms with Crippen molar-refractivity contribution in [2.45, 2.75) is 6.54 Å². The standard InChI is InChI=1S/C14H14N2O2/c1-15-10-11-4-2-5-12(8-11)13-6-3-7-14(9-13)16(17)18/h2-9,15H,10H2,1H3. The Morgan fingerprint density at radius 1 is 1.11 bits per heavy atom. The summed E-state index contributed by atoms with van der Waals surface area (Å²) in [5.74, 6) is 0. The number of nitro benzene ring substituents is 1. The van der Waals surface area contributed by atoms with Gasteiger partial charge in [0.05, 0.1) is 4.92 Å². The second-order valence-electron chi connectivity index (χ2n) is 4.04. The lowest BCUT2D eigenvalue weighted by molar-refractivity contribution is -0.384. The van der Waals surface area contributed by atoms with Crippen molar-refractivity contribution in [3.05, 3.63) is 64.2 Å². The van der Waals surface area contributed by atoms with Crippen molar-refractivity contribution < 1.29 is 4.92 Å². The molecule has 18 heavy (non-hydrogen) atoms. The third kappa shape index (κ3) is 2.73. The molecule has 1 N–H and O–H groups in total. The summed E-state index contributed by atoms with van der Waals surface area (Å²) < 4.78 is 0. The van der Waals surface area contributed by atoms with Crippen LogP contribution in [0.2, 0.25) is 0 Å². The molecule has 0 unspecified atom stereocenters. The molecule has 0 saturated carbocycles. The Kier molecular flexibility index (Phi) is 3.69. The molecule has 92 valence electrons. The maximum absolute atomic E-state index is 10.7. The molecule has 0 fully saturated rings. The second kappa shape index (κ2) is 5.42. The van der Waals surface area contributed by atoms with Gasteiger partial charge >= 0.3 is 0 Å². The zero-order valence-electron chi connectivity index (χ0n) is 10.1. The zero-order chi connectivity index (χ0) is 13.0. The molecule has 0 saturated heterocycles. The number of non-ortho nitro benzene ring substituents is 1. The fraction of sp³-hybridized carbons (Fsp3) is 0.143. The Balaban J connectivity index is 2.38. The van der Waals surface area contributed by atoms with Gasteiger partial charge < -0.3 is 5.32 Å². The SMILES string of the molecule is CNCc1cccc(-c2cccc([N+](=O)[O-])c2)c1. The summed E-state index contributed by atoms with van der Waals surface area (Å²) in [6.45, 7) is 0.781. The highest BCUT2D eigenvalue weighted by Gasteiger charge is 2.07. The number of nitrogens with one attached hydrogen (secondary N) is 1. The van der Waals surface area contributed by atoms with Gasteiger partial charge in [0.1, 0.15) is 0 Å². The van der Waals surface area contributed by atoms with E-state index < -0.39 is 0 Å². The highest BCUT2D eigenvalue weighted by Crippen LogP contribution is 2.24. The van der Waals surface area contributed by atoms with E-state index in [2.05, 4.69) is 5.32 Å². The largest absolute Gasteiger partial charge is 0.316 e. The van der Waals surface area contributed by atoms with Crippen LogP contribution < -0.4 is 5.32 Å². The van der Waals surface area contributed by atoms with Crippen molar-refractivity contribution >= 4 is 5.69 Å². The second-order valence-corrected chi connectivity index (χ2v) is 4.04. The summed E-state index contributed by atoms with van der Waals surface area (Å²) in [5.41, 5.74) is 3.13. The van der Waals surface area contributed by atoms with Crippen molar-refractivity contribution in [2.75, 3.05) is 7.05 Å². The Bertz CT molecular complexity index is 567. The molecule has 4 nitrogen and oxygen atoms in total. The number of nitrogens with zero attached hydrogens (tertiary/aromatic N) is 1. The first-order chi connectivity index (χ1) is 8.70. The van der Waals surface area contributed by atoms with Gasteiger partial charge in [0.25, 0.3) is 5.69 Å². The molecule has 0 amide bonds. The van der Waals surface area contributed by atoms with Gasteiger partial charge in [-0.05, 0) is 29.8 Å². The summed E-state index contributed by atoms with van der Waals surface area (Å²) in [5, 5.41) is 13.8. The minimum absolute atomic E-state index is 0.117. The predicted molar refractivity (Wildman–Crippen MR) is 71.3 cm³/mol. The van der Waals surface area contributed by atoms with E-state index in [1.165, 1.54) is 6.07 Å². The highest BCUT2D eigenvalue weighted by atomic mass is 16.6. The van der Waals surface area contributed by atoms with Gasteiger partial charge in [-0.2, -0.15) is 0 Å². The summed E-state index contributed by atoms with van der Waals surface area (Å²) in [6.07, 6.45) is 0. The monoisotopic (exact) mass is 242 g/mol. The number of rotatable bonds is 4. The molecule has 0 aliphatic rings. The van der Waals surface area contributed by atoms with Crippen molar-refractivity contribution in [3.8, 4) is 11.1 Å². The molecule has 2 aromatic rings. The first-order valence-electron chi connectivity index (χ1n) is 5.69. The predicted octanol–water partition coefficient (Wildman–Crippen LogP) is 2.98. The minimum Gasteiger partial charge on any atom is -0.316 e. The molecule has 0 spiro atoms. The van der Waals surface area contributed by atoms with Crippen LogP contribution >= 0.6 is 0 Å². The van der Waals surface area contributed by atoms with E-state index in [0.717, 1.165) is 23.2 Å². The molecule has 2 aromatic carbocycles. The Hall–Kier alpha value is -2.20. The van der Waals surface area contributed by atoms with Crippen LogP contribution in [0.15, 0.2) is 48.5 Å². The number of hydrogen-bond acceptors (Lipinski definition) is 3. The molecular formula is C14H14N2O2. The molecule has 0 aromatic heterocycles. The average molecular weight is 242 g/mol. The van der Waals surface area contributed by atoms with E-state index in [-0.39, 0.29) is 10.6 Å². The van der Waals surface area contributed by atoms with Gasteiger partial charge in [-0.15, -0.1) is 0 Å². The first kappa shape index (κ1) is 12.3. The van der Waals surface area contributed by atoms with Crippen molar-refractivity contribution in [3.63, 3.8) is 0 Å². The lowest BCUT2D eigenvalue weighted by Gasteiger charge is -2.05. The summed E-state index contributed by atoms with van der Waals surface area (Å²) in [4.78, 5) is 10.4. The van der Waals surface area contributed by atoms with Crippen molar-refractivity contribution in [1.82, 2.24) is 5.32 Å². The number of hydrogen-bond donors (Lipinski definition) is 1. The van der Waals surface area contributed by atoms with E-state index >= 15 is 0 Å².